The topological polar surface area (TPSA) is 50.8 Å². The van der Waals surface area contributed by atoms with Crippen molar-refractivity contribution in [2.75, 3.05) is 33.4 Å². The third-order valence-corrected chi connectivity index (χ3v) is 5.32. The van der Waals surface area contributed by atoms with E-state index in [9.17, 15) is 4.79 Å². The molecule has 0 spiro atoms. The molecule has 0 bridgehead atoms. The Morgan fingerprint density at radius 1 is 1.29 bits per heavy atom. The molecule has 1 N–H and O–H groups in total. The van der Waals surface area contributed by atoms with Crippen LogP contribution < -0.4 is 10.1 Å². The number of nitrogens with zero attached hydrogens (tertiary/aromatic N) is 1. The van der Waals surface area contributed by atoms with Gasteiger partial charge in [0.2, 0.25) is 0 Å². The summed E-state index contributed by atoms with van der Waals surface area (Å²) < 4.78 is 11.2. The van der Waals surface area contributed by atoms with Crippen LogP contribution in [-0.2, 0) is 11.2 Å². The molecule has 0 aromatic heterocycles. The molecule has 0 unspecified atom stereocenters. The lowest BCUT2D eigenvalue weighted by Gasteiger charge is -2.37. The largest absolute Gasteiger partial charge is 0.493 e. The summed E-state index contributed by atoms with van der Waals surface area (Å²) in [7, 11) is 1.70. The average Bonchev–Trinajstić information content (AvgIpc) is 2.70. The highest BCUT2D eigenvalue weighted by molar-refractivity contribution is 5.95. The standard InChI is InChI=1S/C23H38N2O3/c1-5-6-9-19-11-12-20(16-22(19)28-15-8-14-27-4)23(26)25(18(2)3)21-10-7-13-24-17-21/h11-12,16,18,21,24H,5-10,13-15,17H2,1-4H3/t21-/m1/s1. The number of unbranched alkanes of at least 4 members (excludes halogenated alkanes) is 1. The second kappa shape index (κ2) is 12.1. The second-order valence-corrected chi connectivity index (χ2v) is 7.93. The molecule has 1 aliphatic heterocycles. The van der Waals surface area contributed by atoms with E-state index in [2.05, 4.69) is 32.2 Å². The smallest absolute Gasteiger partial charge is 0.254 e. The Labute approximate surface area is 170 Å². The van der Waals surface area contributed by atoms with Gasteiger partial charge in [-0.15, -0.1) is 0 Å². The number of piperidine rings is 1. The highest BCUT2D eigenvalue weighted by Crippen LogP contribution is 2.25. The number of hydrogen-bond acceptors (Lipinski definition) is 4. The maximum Gasteiger partial charge on any atom is 0.254 e. The normalized spacial score (nSPS) is 17.0. The molecule has 1 amide bonds. The summed E-state index contributed by atoms with van der Waals surface area (Å²) in [5, 5.41) is 3.43. The molecule has 0 aliphatic carbocycles. The number of hydrogen-bond donors (Lipinski definition) is 1. The van der Waals surface area contributed by atoms with Gasteiger partial charge in [0.15, 0.2) is 0 Å². The first-order chi connectivity index (χ1) is 13.6. The lowest BCUT2D eigenvalue weighted by molar-refractivity contribution is 0.0573. The highest BCUT2D eigenvalue weighted by Gasteiger charge is 2.28. The second-order valence-electron chi connectivity index (χ2n) is 7.93. The van der Waals surface area contributed by atoms with E-state index in [0.717, 1.165) is 62.9 Å². The monoisotopic (exact) mass is 390 g/mol. The maximum absolute atomic E-state index is 13.4. The van der Waals surface area contributed by atoms with Crippen molar-refractivity contribution in [3.05, 3.63) is 29.3 Å². The van der Waals surface area contributed by atoms with Gasteiger partial charge < -0.3 is 19.7 Å². The summed E-state index contributed by atoms with van der Waals surface area (Å²) in [6.45, 7) is 9.59. The van der Waals surface area contributed by atoms with Crippen molar-refractivity contribution in [3.8, 4) is 5.75 Å². The molecule has 1 aromatic rings. The molecule has 28 heavy (non-hydrogen) atoms. The number of amides is 1. The van der Waals surface area contributed by atoms with Crippen LogP contribution in [0.2, 0.25) is 0 Å². The lowest BCUT2D eigenvalue weighted by Crippen LogP contribution is -2.51. The number of rotatable bonds is 11. The molecular weight excluding hydrogens is 352 g/mol. The summed E-state index contributed by atoms with van der Waals surface area (Å²) in [4.78, 5) is 15.4. The first-order valence-corrected chi connectivity index (χ1v) is 10.9. The number of benzene rings is 1. The third kappa shape index (κ3) is 6.49. The van der Waals surface area contributed by atoms with Crippen LogP contribution in [-0.4, -0.2) is 56.3 Å². The molecule has 5 nitrogen and oxygen atoms in total. The fourth-order valence-electron chi connectivity index (χ4n) is 3.82. The average molecular weight is 391 g/mol. The fraction of sp³-hybridized carbons (Fsp3) is 0.696. The van der Waals surface area contributed by atoms with Crippen molar-refractivity contribution in [3.63, 3.8) is 0 Å². The number of nitrogens with one attached hydrogen (secondary N) is 1. The van der Waals surface area contributed by atoms with Gasteiger partial charge in [0, 0.05) is 44.3 Å². The van der Waals surface area contributed by atoms with E-state index in [1.165, 1.54) is 5.56 Å². The minimum atomic E-state index is 0.104. The van der Waals surface area contributed by atoms with Gasteiger partial charge in [-0.1, -0.05) is 19.4 Å². The Hall–Kier alpha value is -1.59. The van der Waals surface area contributed by atoms with Gasteiger partial charge >= 0.3 is 0 Å². The van der Waals surface area contributed by atoms with Gasteiger partial charge in [0.25, 0.3) is 5.91 Å². The van der Waals surface area contributed by atoms with E-state index < -0.39 is 0 Å². The molecule has 2 rings (SSSR count). The predicted molar refractivity (Wildman–Crippen MR) is 114 cm³/mol. The summed E-state index contributed by atoms with van der Waals surface area (Å²) in [6, 6.07) is 6.43. The zero-order valence-corrected chi connectivity index (χ0v) is 18.1. The van der Waals surface area contributed by atoms with Crippen LogP contribution in [0.15, 0.2) is 18.2 Å². The quantitative estimate of drug-likeness (QED) is 0.579. The van der Waals surface area contributed by atoms with Crippen LogP contribution in [0.4, 0.5) is 0 Å². The van der Waals surface area contributed by atoms with Gasteiger partial charge in [-0.2, -0.15) is 0 Å². The highest BCUT2D eigenvalue weighted by atomic mass is 16.5. The Balaban J connectivity index is 2.20. The van der Waals surface area contributed by atoms with Gasteiger partial charge in [-0.25, -0.2) is 0 Å². The molecule has 5 heteroatoms. The van der Waals surface area contributed by atoms with Gasteiger partial charge in [-0.3, -0.25) is 4.79 Å². The van der Waals surface area contributed by atoms with Crippen LogP contribution in [0.25, 0.3) is 0 Å². The Bertz CT molecular complexity index is 598. The van der Waals surface area contributed by atoms with E-state index in [1.54, 1.807) is 7.11 Å². The summed E-state index contributed by atoms with van der Waals surface area (Å²) >= 11 is 0. The van der Waals surface area contributed by atoms with Gasteiger partial charge in [0.1, 0.15) is 5.75 Å². The lowest BCUT2D eigenvalue weighted by atomic mass is 10.0. The third-order valence-electron chi connectivity index (χ3n) is 5.32. The number of methoxy groups -OCH3 is 1. The van der Waals surface area contributed by atoms with Crippen LogP contribution in [0.3, 0.4) is 0 Å². The molecule has 1 aliphatic rings. The van der Waals surface area contributed by atoms with E-state index in [4.69, 9.17) is 9.47 Å². The van der Waals surface area contributed by atoms with Crippen molar-refractivity contribution in [1.29, 1.82) is 0 Å². The van der Waals surface area contributed by atoms with Crippen molar-refractivity contribution in [2.24, 2.45) is 0 Å². The van der Waals surface area contributed by atoms with E-state index in [-0.39, 0.29) is 18.0 Å². The van der Waals surface area contributed by atoms with Gasteiger partial charge in [-0.05, 0) is 63.8 Å². The van der Waals surface area contributed by atoms with E-state index in [0.29, 0.717) is 13.2 Å². The zero-order valence-electron chi connectivity index (χ0n) is 18.1. The molecule has 1 fully saturated rings. The Kier molecular flexibility index (Phi) is 9.79. The SMILES string of the molecule is CCCCc1ccc(C(=O)N(C(C)C)[C@@H]2CCCNC2)cc1OCCCOC. The van der Waals surface area contributed by atoms with E-state index in [1.807, 2.05) is 17.0 Å². The molecule has 158 valence electrons. The molecule has 0 saturated carbocycles. The fourth-order valence-corrected chi connectivity index (χ4v) is 3.82. The van der Waals surface area contributed by atoms with Crippen LogP contribution in [0.5, 0.6) is 5.75 Å². The minimum absolute atomic E-state index is 0.104. The van der Waals surface area contributed by atoms with Crippen molar-refractivity contribution < 1.29 is 14.3 Å². The van der Waals surface area contributed by atoms with E-state index >= 15 is 0 Å². The van der Waals surface area contributed by atoms with Crippen LogP contribution in [0.1, 0.15) is 68.8 Å². The molecule has 0 radical (unpaired) electrons. The number of aryl methyl sites for hydroxylation is 1. The first kappa shape index (κ1) is 22.7. The Morgan fingerprint density at radius 3 is 2.75 bits per heavy atom. The number of carbonyl (C=O) groups is 1. The van der Waals surface area contributed by atoms with Crippen LogP contribution in [0, 0.1) is 0 Å². The zero-order chi connectivity index (χ0) is 20.4. The maximum atomic E-state index is 13.4. The Morgan fingerprint density at radius 2 is 2.11 bits per heavy atom. The summed E-state index contributed by atoms with van der Waals surface area (Å²) in [5.74, 6) is 0.952. The molecule has 1 heterocycles. The summed E-state index contributed by atoms with van der Waals surface area (Å²) in [6.07, 6.45) is 6.25. The van der Waals surface area contributed by atoms with Crippen LogP contribution >= 0.6 is 0 Å². The number of carbonyl (C=O) groups excluding carboxylic acids is 1. The van der Waals surface area contributed by atoms with Gasteiger partial charge in [0.05, 0.1) is 6.61 Å². The molecule has 1 atom stereocenters. The summed E-state index contributed by atoms with van der Waals surface area (Å²) in [5.41, 5.74) is 1.91. The molecule has 1 saturated heterocycles. The van der Waals surface area contributed by atoms with Crippen molar-refractivity contribution in [2.45, 2.75) is 71.4 Å². The predicted octanol–water partition coefficient (Wildman–Crippen LogP) is 4.05. The van der Waals surface area contributed by atoms with Crippen molar-refractivity contribution >= 4 is 5.91 Å². The molecular formula is C23H38N2O3. The van der Waals surface area contributed by atoms with Crippen molar-refractivity contribution in [1.82, 2.24) is 10.2 Å². The first-order valence-electron chi connectivity index (χ1n) is 10.9. The number of ether oxygens (including phenoxy) is 2. The molecule has 1 aromatic carbocycles. The minimum Gasteiger partial charge on any atom is -0.493 e.